The lowest BCUT2D eigenvalue weighted by molar-refractivity contribution is 0.0300. The quantitative estimate of drug-likeness (QED) is 0.288. The first kappa shape index (κ1) is 27.6. The molecule has 0 saturated carbocycles. The van der Waals surface area contributed by atoms with Crippen molar-refractivity contribution in [3.05, 3.63) is 70.1 Å². The van der Waals surface area contributed by atoms with E-state index in [0.29, 0.717) is 79.7 Å². The average Bonchev–Trinajstić information content (AvgIpc) is 2.89. The van der Waals surface area contributed by atoms with Gasteiger partial charge in [0.15, 0.2) is 0 Å². The number of piperidine rings is 1. The lowest BCUT2D eigenvalue weighted by Crippen LogP contribution is -2.42. The third-order valence-electron chi connectivity index (χ3n) is 7.57. The number of likely N-dealkylation sites (tertiary alicyclic amines) is 1. The Morgan fingerprint density at radius 2 is 1.84 bits per heavy atom. The van der Waals surface area contributed by atoms with Gasteiger partial charge in [0, 0.05) is 41.4 Å². The zero-order valence-electron chi connectivity index (χ0n) is 20.8. The largest absolute Gasteiger partial charge is 0.497 e. The van der Waals surface area contributed by atoms with E-state index < -0.39 is 29.0 Å². The summed E-state index contributed by atoms with van der Waals surface area (Å²) in [5, 5.41) is 11.1. The van der Waals surface area contributed by atoms with Gasteiger partial charge in [0.25, 0.3) is 0 Å². The maximum atomic E-state index is 15.6. The van der Waals surface area contributed by atoms with Crippen LogP contribution in [0.2, 0.25) is 5.02 Å². The van der Waals surface area contributed by atoms with Crippen LogP contribution >= 0.6 is 11.6 Å². The molecular weight excluding hydrogens is 508 g/mol. The minimum absolute atomic E-state index is 0.0434. The Kier molecular flexibility index (Phi) is 8.93. The van der Waals surface area contributed by atoms with Gasteiger partial charge in [-0.2, -0.15) is 0 Å². The summed E-state index contributed by atoms with van der Waals surface area (Å²) < 4.78 is 61.7. The lowest BCUT2D eigenvalue weighted by atomic mass is 9.74. The number of benzene rings is 2. The number of halogens is 5. The predicted molar refractivity (Wildman–Crippen MR) is 136 cm³/mol. The van der Waals surface area contributed by atoms with Gasteiger partial charge in [-0.3, -0.25) is 4.98 Å². The van der Waals surface area contributed by atoms with Crippen molar-refractivity contribution in [2.75, 3.05) is 33.4 Å². The van der Waals surface area contributed by atoms with Crippen LogP contribution in [0.25, 0.3) is 10.9 Å². The van der Waals surface area contributed by atoms with Crippen LogP contribution in [0.3, 0.4) is 0 Å². The van der Waals surface area contributed by atoms with Crippen molar-refractivity contribution in [1.82, 2.24) is 9.88 Å². The third-order valence-corrected chi connectivity index (χ3v) is 7.87. The Morgan fingerprint density at radius 1 is 1.14 bits per heavy atom. The molecule has 0 unspecified atom stereocenters. The van der Waals surface area contributed by atoms with Gasteiger partial charge >= 0.3 is 0 Å². The molecule has 4 nitrogen and oxygen atoms in total. The minimum atomic E-state index is -1.33. The summed E-state index contributed by atoms with van der Waals surface area (Å²) in [6.07, 6.45) is 2.91. The summed E-state index contributed by atoms with van der Waals surface area (Å²) >= 11 is 6.36. The molecule has 1 fully saturated rings. The first-order valence-electron chi connectivity index (χ1n) is 12.5. The molecule has 0 amide bonds. The Labute approximate surface area is 219 Å². The Balaban J connectivity index is 1.33. The normalized spacial score (nSPS) is 16.7. The van der Waals surface area contributed by atoms with E-state index >= 15 is 4.39 Å². The number of aromatic nitrogens is 1. The number of rotatable bonds is 10. The fraction of sp³-hybridized carbons (Fsp3) is 0.464. The Hall–Kier alpha value is -2.42. The van der Waals surface area contributed by atoms with Crippen molar-refractivity contribution in [1.29, 1.82) is 0 Å². The standard InChI is InChI=1S/C28H31ClF4N2O2/c1-37-19-4-5-26-21(15-19)27(22(29)16-34-26)23(31)6-7-28(17-36)8-11-35(12-9-28)10-2-3-20-24(32)13-18(30)14-25(20)33/h4-5,13-16,23,36H,2-3,6-12,17H2,1H3/t23-/m1/s1. The van der Waals surface area contributed by atoms with Gasteiger partial charge in [-0.05, 0) is 81.8 Å². The topological polar surface area (TPSA) is 45.6 Å². The van der Waals surface area contributed by atoms with Crippen LogP contribution in [0.1, 0.15) is 49.4 Å². The zero-order chi connectivity index (χ0) is 26.6. The number of hydrogen-bond acceptors (Lipinski definition) is 4. The highest BCUT2D eigenvalue weighted by Crippen LogP contribution is 2.42. The van der Waals surface area contributed by atoms with Gasteiger partial charge in [-0.25, -0.2) is 17.6 Å². The number of pyridine rings is 1. The van der Waals surface area contributed by atoms with Gasteiger partial charge in [0.2, 0.25) is 0 Å². The van der Waals surface area contributed by atoms with Gasteiger partial charge in [0.05, 0.1) is 17.6 Å². The number of methoxy groups -OCH3 is 1. The van der Waals surface area contributed by atoms with Crippen LogP contribution in [-0.4, -0.2) is 48.3 Å². The number of aliphatic hydroxyl groups is 1. The fourth-order valence-corrected chi connectivity index (χ4v) is 5.49. The van der Waals surface area contributed by atoms with Crippen molar-refractivity contribution < 1.29 is 27.4 Å². The maximum absolute atomic E-state index is 15.6. The molecular formula is C28H31ClF4N2O2. The highest BCUT2D eigenvalue weighted by atomic mass is 35.5. The van der Waals surface area contributed by atoms with Crippen molar-refractivity contribution in [2.45, 2.75) is 44.7 Å². The van der Waals surface area contributed by atoms with E-state index in [1.807, 2.05) is 0 Å². The summed E-state index contributed by atoms with van der Waals surface area (Å²) in [5.74, 6) is -2.06. The number of nitrogens with zero attached hydrogens (tertiary/aromatic N) is 2. The molecule has 0 aliphatic carbocycles. The summed E-state index contributed by atoms with van der Waals surface area (Å²) in [4.78, 5) is 6.47. The molecule has 2 aromatic carbocycles. The van der Waals surface area contributed by atoms with E-state index in [1.54, 1.807) is 25.3 Å². The molecule has 1 aromatic heterocycles. The molecule has 0 spiro atoms. The van der Waals surface area contributed by atoms with Crippen LogP contribution in [0, 0.1) is 22.9 Å². The molecule has 3 aromatic rings. The average molecular weight is 539 g/mol. The molecule has 37 heavy (non-hydrogen) atoms. The fourth-order valence-electron chi connectivity index (χ4n) is 5.22. The molecule has 2 heterocycles. The van der Waals surface area contributed by atoms with Crippen LogP contribution in [0.4, 0.5) is 17.6 Å². The van der Waals surface area contributed by atoms with Crippen LogP contribution in [0.5, 0.6) is 5.75 Å². The first-order valence-corrected chi connectivity index (χ1v) is 12.9. The molecule has 4 rings (SSSR count). The molecule has 200 valence electrons. The number of hydrogen-bond donors (Lipinski definition) is 1. The number of aliphatic hydroxyl groups excluding tert-OH is 1. The number of fused-ring (bicyclic) bond motifs is 1. The molecule has 9 heteroatoms. The van der Waals surface area contributed by atoms with Crippen molar-refractivity contribution in [3.8, 4) is 5.75 Å². The second kappa shape index (κ2) is 12.0. The highest BCUT2D eigenvalue weighted by molar-refractivity contribution is 6.32. The summed E-state index contributed by atoms with van der Waals surface area (Å²) in [5.41, 5.74) is 0.519. The maximum Gasteiger partial charge on any atom is 0.132 e. The van der Waals surface area contributed by atoms with Crippen molar-refractivity contribution in [3.63, 3.8) is 0 Å². The van der Waals surface area contributed by atoms with E-state index in [1.165, 1.54) is 6.20 Å². The van der Waals surface area contributed by atoms with Crippen molar-refractivity contribution in [2.24, 2.45) is 5.41 Å². The summed E-state index contributed by atoms with van der Waals surface area (Å²) in [7, 11) is 1.54. The first-order chi connectivity index (χ1) is 17.7. The minimum Gasteiger partial charge on any atom is -0.497 e. The molecule has 1 saturated heterocycles. The lowest BCUT2D eigenvalue weighted by Gasteiger charge is -2.41. The van der Waals surface area contributed by atoms with E-state index in [9.17, 15) is 18.3 Å². The summed E-state index contributed by atoms with van der Waals surface area (Å²) in [6.45, 7) is 1.98. The number of alkyl halides is 1. The van der Waals surface area contributed by atoms with Gasteiger partial charge in [0.1, 0.15) is 29.4 Å². The molecule has 1 atom stereocenters. The van der Waals surface area contributed by atoms with Crippen LogP contribution in [0.15, 0.2) is 36.5 Å². The molecule has 1 N–H and O–H groups in total. The molecule has 0 bridgehead atoms. The molecule has 0 radical (unpaired) electrons. The zero-order valence-corrected chi connectivity index (χ0v) is 21.5. The third kappa shape index (κ3) is 6.36. The SMILES string of the molecule is COc1ccc2ncc(Cl)c([C@H](F)CCC3(CO)CCN(CCCc4c(F)cc(F)cc4F)CC3)c2c1. The van der Waals surface area contributed by atoms with E-state index in [4.69, 9.17) is 16.3 Å². The second-order valence-electron chi connectivity index (χ2n) is 9.86. The highest BCUT2D eigenvalue weighted by Gasteiger charge is 2.35. The smallest absolute Gasteiger partial charge is 0.132 e. The Bertz CT molecular complexity index is 1210. The second-order valence-corrected chi connectivity index (χ2v) is 10.3. The van der Waals surface area contributed by atoms with E-state index in [2.05, 4.69) is 9.88 Å². The van der Waals surface area contributed by atoms with E-state index in [0.717, 1.165) is 0 Å². The predicted octanol–water partition coefficient (Wildman–Crippen LogP) is 6.81. The van der Waals surface area contributed by atoms with Gasteiger partial charge in [-0.15, -0.1) is 0 Å². The Morgan fingerprint density at radius 3 is 2.49 bits per heavy atom. The molecule has 1 aliphatic rings. The van der Waals surface area contributed by atoms with Gasteiger partial charge in [-0.1, -0.05) is 11.6 Å². The summed E-state index contributed by atoms with van der Waals surface area (Å²) in [6, 6.07) is 6.67. The van der Waals surface area contributed by atoms with Crippen LogP contribution < -0.4 is 4.74 Å². The monoisotopic (exact) mass is 538 g/mol. The van der Waals surface area contributed by atoms with Crippen molar-refractivity contribution >= 4 is 22.5 Å². The molecule has 1 aliphatic heterocycles. The van der Waals surface area contributed by atoms with E-state index in [-0.39, 0.29) is 30.0 Å². The number of ether oxygens (including phenoxy) is 1. The van der Waals surface area contributed by atoms with Crippen LogP contribution in [-0.2, 0) is 6.42 Å². The van der Waals surface area contributed by atoms with Gasteiger partial charge < -0.3 is 14.7 Å².